The standard InChI is InChI=1S/C20H26O7/c1-5-10(2)20(24)19(4)16-13(25-17(19)23)6-11(9-21)12-7-15(22)18(3,26-12)8-14(16)27-20/h6-7,10,13-14,16,21,24H,5,8-9H2,1-4H3/b11-6-/t10-,13-,14+,16+,18-,19-,20-/m1/s1. The molecular formula is C20H26O7. The third kappa shape index (κ3) is 2.19. The molecule has 2 bridgehead atoms. The van der Waals surface area contributed by atoms with E-state index in [2.05, 4.69) is 0 Å². The van der Waals surface area contributed by atoms with Crippen molar-refractivity contribution in [3.05, 3.63) is 23.5 Å². The first-order chi connectivity index (χ1) is 12.6. The number of fused-ring (bicyclic) bond motifs is 2. The molecule has 4 aliphatic heterocycles. The highest BCUT2D eigenvalue weighted by Crippen LogP contribution is 2.61. The lowest BCUT2D eigenvalue weighted by Crippen LogP contribution is -2.53. The Bertz CT molecular complexity index is 770. The smallest absolute Gasteiger partial charge is 0.318 e. The summed E-state index contributed by atoms with van der Waals surface area (Å²) in [6.07, 6.45) is 2.51. The largest absolute Gasteiger partial charge is 0.479 e. The normalized spacial score (nSPS) is 48.4. The average Bonchev–Trinajstić information content (AvgIpc) is 3.14. The topological polar surface area (TPSA) is 102 Å². The highest BCUT2D eigenvalue weighted by atomic mass is 16.7. The van der Waals surface area contributed by atoms with E-state index in [9.17, 15) is 19.8 Å². The Kier molecular flexibility index (Phi) is 3.91. The molecule has 0 saturated carbocycles. The highest BCUT2D eigenvalue weighted by molar-refractivity contribution is 6.00. The zero-order chi connectivity index (χ0) is 19.8. The molecule has 0 aliphatic carbocycles. The van der Waals surface area contributed by atoms with Gasteiger partial charge in [-0.1, -0.05) is 13.8 Å². The molecule has 27 heavy (non-hydrogen) atoms. The van der Waals surface area contributed by atoms with Crippen LogP contribution in [0.2, 0.25) is 0 Å². The van der Waals surface area contributed by atoms with Crippen LogP contribution in [0.15, 0.2) is 23.5 Å². The maximum Gasteiger partial charge on any atom is 0.318 e. The van der Waals surface area contributed by atoms with Crippen LogP contribution in [-0.2, 0) is 23.8 Å². The van der Waals surface area contributed by atoms with E-state index in [1.807, 2.05) is 13.8 Å². The number of carbonyl (C=O) groups is 2. The second kappa shape index (κ2) is 5.65. The summed E-state index contributed by atoms with van der Waals surface area (Å²) in [4.78, 5) is 25.5. The minimum Gasteiger partial charge on any atom is -0.479 e. The van der Waals surface area contributed by atoms with Crippen LogP contribution < -0.4 is 0 Å². The van der Waals surface area contributed by atoms with Gasteiger partial charge in [-0.05, 0) is 26.3 Å². The quantitative estimate of drug-likeness (QED) is 0.712. The van der Waals surface area contributed by atoms with Gasteiger partial charge in [-0.3, -0.25) is 9.59 Å². The van der Waals surface area contributed by atoms with Gasteiger partial charge in [0, 0.05) is 29.9 Å². The Labute approximate surface area is 158 Å². The summed E-state index contributed by atoms with van der Waals surface area (Å²) in [6.45, 7) is 6.76. The lowest BCUT2D eigenvalue weighted by atomic mass is 9.66. The number of carbonyl (C=O) groups excluding carboxylic acids is 2. The number of hydrogen-bond acceptors (Lipinski definition) is 7. The number of aliphatic hydroxyl groups excluding tert-OH is 1. The zero-order valence-corrected chi connectivity index (χ0v) is 16.0. The minimum absolute atomic E-state index is 0.185. The van der Waals surface area contributed by atoms with Gasteiger partial charge < -0.3 is 24.4 Å². The van der Waals surface area contributed by atoms with E-state index in [1.165, 1.54) is 6.08 Å². The Morgan fingerprint density at radius 1 is 1.33 bits per heavy atom. The van der Waals surface area contributed by atoms with Crippen molar-refractivity contribution in [2.45, 2.75) is 64.1 Å². The van der Waals surface area contributed by atoms with Crippen LogP contribution in [-0.4, -0.2) is 52.2 Å². The maximum absolute atomic E-state index is 12.9. The van der Waals surface area contributed by atoms with Gasteiger partial charge in [0.1, 0.15) is 17.3 Å². The van der Waals surface area contributed by atoms with Gasteiger partial charge in [-0.25, -0.2) is 0 Å². The van der Waals surface area contributed by atoms with Crippen LogP contribution in [0.1, 0.15) is 40.5 Å². The number of ketones is 1. The van der Waals surface area contributed by atoms with Gasteiger partial charge >= 0.3 is 5.97 Å². The van der Waals surface area contributed by atoms with Crippen molar-refractivity contribution < 1.29 is 34.0 Å². The number of ether oxygens (including phenoxy) is 3. The van der Waals surface area contributed by atoms with E-state index >= 15 is 0 Å². The third-order valence-corrected chi connectivity index (χ3v) is 7.01. The molecule has 0 aromatic rings. The lowest BCUT2D eigenvalue weighted by molar-refractivity contribution is -0.267. The molecule has 0 amide bonds. The van der Waals surface area contributed by atoms with E-state index < -0.39 is 40.9 Å². The van der Waals surface area contributed by atoms with E-state index in [-0.39, 0.29) is 24.7 Å². The SMILES string of the molecule is CC[C@@H](C)[C@@]1(O)O[C@H]2C[C@@]3(C)OC(=CC3=O)/C(CO)=C\[C@H]3OC(=O)[C@@]1(C)[C@H]23. The molecule has 7 heteroatoms. The average molecular weight is 378 g/mol. The van der Waals surface area contributed by atoms with Crippen LogP contribution >= 0.6 is 0 Å². The van der Waals surface area contributed by atoms with E-state index in [4.69, 9.17) is 14.2 Å². The van der Waals surface area contributed by atoms with Gasteiger partial charge in [0.25, 0.3) is 0 Å². The fourth-order valence-electron chi connectivity index (χ4n) is 5.08. The van der Waals surface area contributed by atoms with Crippen molar-refractivity contribution in [1.82, 2.24) is 0 Å². The second-order valence-corrected chi connectivity index (χ2v) is 8.52. The summed E-state index contributed by atoms with van der Waals surface area (Å²) in [5.74, 6) is -2.94. The first kappa shape index (κ1) is 18.7. The summed E-state index contributed by atoms with van der Waals surface area (Å²) < 4.78 is 17.7. The van der Waals surface area contributed by atoms with E-state index in [1.54, 1.807) is 19.9 Å². The minimum atomic E-state index is -1.70. The van der Waals surface area contributed by atoms with E-state index in [0.717, 1.165) is 0 Å². The lowest BCUT2D eigenvalue weighted by Gasteiger charge is -2.38. The van der Waals surface area contributed by atoms with Gasteiger partial charge in [0.05, 0.1) is 12.7 Å². The molecule has 4 rings (SSSR count). The number of esters is 1. The van der Waals surface area contributed by atoms with Crippen molar-refractivity contribution >= 4 is 11.8 Å². The van der Waals surface area contributed by atoms with Gasteiger partial charge in [-0.2, -0.15) is 0 Å². The van der Waals surface area contributed by atoms with Crippen LogP contribution in [0.25, 0.3) is 0 Å². The molecule has 0 aromatic heterocycles. The maximum atomic E-state index is 12.9. The first-order valence-corrected chi connectivity index (χ1v) is 9.49. The fourth-order valence-corrected chi connectivity index (χ4v) is 5.08. The Hall–Kier alpha value is -1.70. The van der Waals surface area contributed by atoms with Crippen LogP contribution in [0.4, 0.5) is 0 Å². The summed E-state index contributed by atoms with van der Waals surface area (Å²) in [5.41, 5.74) is -2.04. The first-order valence-electron chi connectivity index (χ1n) is 9.49. The van der Waals surface area contributed by atoms with Crippen molar-refractivity contribution in [3.8, 4) is 0 Å². The number of hydrogen-bond donors (Lipinski definition) is 2. The molecule has 0 spiro atoms. The van der Waals surface area contributed by atoms with E-state index in [0.29, 0.717) is 17.8 Å². The predicted octanol–water partition coefficient (Wildman–Crippen LogP) is 1.23. The van der Waals surface area contributed by atoms with Crippen LogP contribution in [0, 0.1) is 17.3 Å². The molecule has 7 nitrogen and oxygen atoms in total. The monoisotopic (exact) mass is 378 g/mol. The number of rotatable bonds is 3. The van der Waals surface area contributed by atoms with Crippen LogP contribution in [0.5, 0.6) is 0 Å². The van der Waals surface area contributed by atoms with Crippen molar-refractivity contribution in [1.29, 1.82) is 0 Å². The van der Waals surface area contributed by atoms with Crippen molar-refractivity contribution in [2.75, 3.05) is 6.61 Å². The van der Waals surface area contributed by atoms with Crippen molar-refractivity contribution in [2.24, 2.45) is 17.3 Å². The third-order valence-electron chi connectivity index (χ3n) is 7.01. The molecule has 4 heterocycles. The molecule has 7 atom stereocenters. The summed E-state index contributed by atoms with van der Waals surface area (Å²) >= 11 is 0. The second-order valence-electron chi connectivity index (χ2n) is 8.52. The fraction of sp³-hybridized carbons (Fsp3) is 0.700. The van der Waals surface area contributed by atoms with Gasteiger partial charge in [-0.15, -0.1) is 0 Å². The van der Waals surface area contributed by atoms with Crippen LogP contribution in [0.3, 0.4) is 0 Å². The molecule has 2 fully saturated rings. The summed E-state index contributed by atoms with van der Waals surface area (Å²) in [5, 5.41) is 21.3. The predicted molar refractivity (Wildman–Crippen MR) is 93.1 cm³/mol. The molecule has 0 aromatic carbocycles. The zero-order valence-electron chi connectivity index (χ0n) is 16.0. The summed E-state index contributed by atoms with van der Waals surface area (Å²) in [6, 6.07) is 0. The number of aliphatic hydroxyl groups is 2. The molecule has 2 N–H and O–H groups in total. The molecule has 4 aliphatic rings. The Morgan fingerprint density at radius 2 is 2.04 bits per heavy atom. The highest BCUT2D eigenvalue weighted by Gasteiger charge is 2.75. The van der Waals surface area contributed by atoms with Gasteiger partial charge in [0.15, 0.2) is 11.4 Å². The Balaban J connectivity index is 1.88. The Morgan fingerprint density at radius 3 is 2.67 bits per heavy atom. The molecule has 0 unspecified atom stereocenters. The summed E-state index contributed by atoms with van der Waals surface area (Å²) in [7, 11) is 0. The van der Waals surface area contributed by atoms with Gasteiger partial charge in [0.2, 0.25) is 5.78 Å². The van der Waals surface area contributed by atoms with Crippen molar-refractivity contribution in [3.63, 3.8) is 0 Å². The molecule has 2 saturated heterocycles. The molecule has 0 radical (unpaired) electrons. The molecular weight excluding hydrogens is 352 g/mol. The molecule has 148 valence electrons.